The summed E-state index contributed by atoms with van der Waals surface area (Å²) in [6.07, 6.45) is 2.18. The van der Waals surface area contributed by atoms with Crippen molar-refractivity contribution in [2.45, 2.75) is 23.8 Å². The molecule has 0 saturated carbocycles. The van der Waals surface area contributed by atoms with Gasteiger partial charge >= 0.3 is 0 Å². The van der Waals surface area contributed by atoms with Gasteiger partial charge in [0.2, 0.25) is 0 Å². The van der Waals surface area contributed by atoms with E-state index in [4.69, 9.17) is 0 Å². The predicted molar refractivity (Wildman–Crippen MR) is 112 cm³/mol. The normalized spacial score (nSPS) is 17.1. The molecule has 2 heterocycles. The van der Waals surface area contributed by atoms with Crippen LogP contribution >= 0.6 is 11.3 Å². The number of hydrogen-bond donors (Lipinski definition) is 2. The molecule has 0 radical (unpaired) electrons. The fraction of sp³-hybridized carbons (Fsp3) is 0.421. The van der Waals surface area contributed by atoms with Crippen LogP contribution in [0.25, 0.3) is 0 Å². The smallest absolute Gasteiger partial charge is 0.191 e. The third kappa shape index (κ3) is 5.32. The quantitative estimate of drug-likeness (QED) is 0.588. The largest absolute Gasteiger partial charge is 0.363 e. The molecule has 5 nitrogen and oxygen atoms in total. The van der Waals surface area contributed by atoms with Gasteiger partial charge < -0.3 is 15.5 Å². The molecule has 7 heteroatoms. The van der Waals surface area contributed by atoms with Crippen LogP contribution in [-0.4, -0.2) is 48.6 Å². The van der Waals surface area contributed by atoms with Crippen LogP contribution < -0.4 is 15.5 Å². The van der Waals surface area contributed by atoms with Crippen LogP contribution in [-0.2, 0) is 10.8 Å². The Morgan fingerprint density at radius 2 is 2.00 bits per heavy atom. The molecule has 1 aliphatic rings. The Bertz CT molecular complexity index is 710. The lowest BCUT2D eigenvalue weighted by molar-refractivity contribution is 0.463. The molecule has 1 aliphatic heterocycles. The van der Waals surface area contributed by atoms with Crippen molar-refractivity contribution in [3.63, 3.8) is 0 Å². The highest BCUT2D eigenvalue weighted by molar-refractivity contribution is 7.85. The number of anilines is 1. The first kappa shape index (κ1) is 18.9. The highest BCUT2D eigenvalue weighted by atomic mass is 32.2. The Labute approximate surface area is 162 Å². The summed E-state index contributed by atoms with van der Waals surface area (Å²) < 4.78 is 12.3. The zero-order valence-electron chi connectivity index (χ0n) is 15.1. The average molecular weight is 391 g/mol. The lowest BCUT2D eigenvalue weighted by atomic mass is 10.1. The van der Waals surface area contributed by atoms with E-state index in [1.165, 1.54) is 5.00 Å². The summed E-state index contributed by atoms with van der Waals surface area (Å²) in [4.78, 5) is 7.62. The van der Waals surface area contributed by atoms with Crippen LogP contribution in [0.5, 0.6) is 0 Å². The van der Waals surface area contributed by atoms with Crippen molar-refractivity contribution in [2.75, 3.05) is 37.3 Å². The van der Waals surface area contributed by atoms with Crippen molar-refractivity contribution >= 4 is 33.1 Å². The molecule has 0 aliphatic carbocycles. The Balaban J connectivity index is 1.39. The van der Waals surface area contributed by atoms with Gasteiger partial charge in [0.15, 0.2) is 5.96 Å². The van der Waals surface area contributed by atoms with Crippen molar-refractivity contribution in [3.05, 3.63) is 47.8 Å². The molecular weight excluding hydrogens is 364 g/mol. The minimum atomic E-state index is -0.981. The van der Waals surface area contributed by atoms with Crippen LogP contribution in [0.2, 0.25) is 0 Å². The molecule has 2 N–H and O–H groups in total. The second-order valence-corrected chi connectivity index (χ2v) is 8.72. The second kappa shape index (κ2) is 9.73. The number of aliphatic imine (C=N–C) groups is 1. The first-order chi connectivity index (χ1) is 12.8. The molecule has 1 unspecified atom stereocenters. The van der Waals surface area contributed by atoms with Crippen LogP contribution in [0.15, 0.2) is 57.7 Å². The van der Waals surface area contributed by atoms with Crippen molar-refractivity contribution in [2.24, 2.45) is 4.99 Å². The third-order valence-electron chi connectivity index (χ3n) is 4.46. The van der Waals surface area contributed by atoms with Crippen LogP contribution in [0.4, 0.5) is 5.00 Å². The number of hydrogen-bond acceptors (Lipinski definition) is 4. The van der Waals surface area contributed by atoms with Gasteiger partial charge in [0.25, 0.3) is 0 Å². The van der Waals surface area contributed by atoms with Crippen molar-refractivity contribution in [1.29, 1.82) is 0 Å². The SMILES string of the molecule is CN=C(NCCS(=O)c1ccccc1)NC1CCN(c2cccs2)CC1. The average Bonchev–Trinajstić information content (AvgIpc) is 3.23. The van der Waals surface area contributed by atoms with Gasteiger partial charge in [-0.1, -0.05) is 18.2 Å². The van der Waals surface area contributed by atoms with E-state index in [-0.39, 0.29) is 0 Å². The number of benzene rings is 1. The molecule has 3 rings (SSSR count). The van der Waals surface area contributed by atoms with E-state index in [0.717, 1.165) is 36.8 Å². The number of piperidine rings is 1. The van der Waals surface area contributed by atoms with Crippen molar-refractivity contribution in [3.8, 4) is 0 Å². The van der Waals surface area contributed by atoms with Gasteiger partial charge in [-0.3, -0.25) is 9.20 Å². The van der Waals surface area contributed by atoms with E-state index in [0.29, 0.717) is 18.3 Å². The zero-order valence-corrected chi connectivity index (χ0v) is 16.7. The van der Waals surface area contributed by atoms with E-state index < -0.39 is 10.8 Å². The van der Waals surface area contributed by atoms with Gasteiger partial charge in [0.1, 0.15) is 0 Å². The molecule has 0 bridgehead atoms. The number of nitrogens with zero attached hydrogens (tertiary/aromatic N) is 2. The van der Waals surface area contributed by atoms with Gasteiger partial charge in [-0.15, -0.1) is 11.3 Å². The lowest BCUT2D eigenvalue weighted by Crippen LogP contribution is -2.49. The Morgan fingerprint density at radius 1 is 1.23 bits per heavy atom. The second-order valence-electron chi connectivity index (χ2n) is 6.22. The van der Waals surface area contributed by atoms with Gasteiger partial charge in [0, 0.05) is 43.4 Å². The third-order valence-corrected chi connectivity index (χ3v) is 6.77. The highest BCUT2D eigenvalue weighted by Crippen LogP contribution is 2.24. The van der Waals surface area contributed by atoms with E-state index in [2.05, 4.69) is 38.0 Å². The molecular formula is C19H26N4OS2. The van der Waals surface area contributed by atoms with Crippen LogP contribution in [0.1, 0.15) is 12.8 Å². The maximum Gasteiger partial charge on any atom is 0.191 e. The summed E-state index contributed by atoms with van der Waals surface area (Å²) in [6.45, 7) is 2.76. The van der Waals surface area contributed by atoms with Gasteiger partial charge in [-0.25, -0.2) is 0 Å². The molecule has 1 aromatic heterocycles. The molecule has 1 aromatic carbocycles. The number of guanidine groups is 1. The summed E-state index contributed by atoms with van der Waals surface area (Å²) in [5, 5.41) is 10.3. The Kier molecular flexibility index (Phi) is 7.08. The fourth-order valence-corrected chi connectivity index (χ4v) is 4.80. The molecule has 0 spiro atoms. The van der Waals surface area contributed by atoms with E-state index in [1.807, 2.05) is 30.3 Å². The zero-order chi connectivity index (χ0) is 18.2. The number of nitrogens with one attached hydrogen (secondary N) is 2. The Morgan fingerprint density at radius 3 is 2.65 bits per heavy atom. The molecule has 1 fully saturated rings. The molecule has 1 atom stereocenters. The Hall–Kier alpha value is -1.86. The van der Waals surface area contributed by atoms with Gasteiger partial charge in [0.05, 0.1) is 15.8 Å². The van der Waals surface area contributed by atoms with E-state index >= 15 is 0 Å². The molecule has 2 aromatic rings. The fourth-order valence-electron chi connectivity index (χ4n) is 3.03. The molecule has 140 valence electrons. The van der Waals surface area contributed by atoms with E-state index in [1.54, 1.807) is 18.4 Å². The number of rotatable bonds is 6. The summed E-state index contributed by atoms with van der Waals surface area (Å²) in [7, 11) is 0.801. The van der Waals surface area contributed by atoms with Crippen molar-refractivity contribution < 1.29 is 4.21 Å². The van der Waals surface area contributed by atoms with Gasteiger partial charge in [-0.2, -0.15) is 0 Å². The molecule has 26 heavy (non-hydrogen) atoms. The summed E-state index contributed by atoms with van der Waals surface area (Å²) in [5.74, 6) is 1.37. The minimum absolute atomic E-state index is 0.428. The van der Waals surface area contributed by atoms with Crippen LogP contribution in [0.3, 0.4) is 0 Å². The van der Waals surface area contributed by atoms with Gasteiger partial charge in [-0.05, 0) is 42.5 Å². The van der Waals surface area contributed by atoms with E-state index in [9.17, 15) is 4.21 Å². The lowest BCUT2D eigenvalue weighted by Gasteiger charge is -2.33. The molecule has 1 saturated heterocycles. The topological polar surface area (TPSA) is 56.7 Å². The standard InChI is InChI=1S/C19H26N4OS2/c1-20-19(21-11-15-26(24)17-6-3-2-4-7-17)22-16-9-12-23(13-10-16)18-8-5-14-25-18/h2-8,14,16H,9-13,15H2,1H3,(H2,20,21,22). The number of thiophene rings is 1. The summed E-state index contributed by atoms with van der Waals surface area (Å²) >= 11 is 1.80. The monoisotopic (exact) mass is 390 g/mol. The van der Waals surface area contributed by atoms with Crippen molar-refractivity contribution in [1.82, 2.24) is 10.6 Å². The first-order valence-corrected chi connectivity index (χ1v) is 11.1. The minimum Gasteiger partial charge on any atom is -0.363 e. The summed E-state index contributed by atoms with van der Waals surface area (Å²) in [6, 6.07) is 14.3. The van der Waals surface area contributed by atoms with Crippen LogP contribution in [0, 0.1) is 0 Å². The first-order valence-electron chi connectivity index (χ1n) is 8.95. The maximum atomic E-state index is 12.3. The molecule has 0 amide bonds. The highest BCUT2D eigenvalue weighted by Gasteiger charge is 2.20. The maximum absolute atomic E-state index is 12.3. The summed E-state index contributed by atoms with van der Waals surface area (Å²) in [5.41, 5.74) is 0. The predicted octanol–water partition coefficient (Wildman–Crippen LogP) is 2.69.